The summed E-state index contributed by atoms with van der Waals surface area (Å²) in [5.74, 6) is -0.473. The van der Waals surface area contributed by atoms with Crippen LogP contribution in [0.2, 0.25) is 0 Å². The second kappa shape index (κ2) is 6.13. The number of thiophene rings is 1. The van der Waals surface area contributed by atoms with E-state index < -0.39 is 17.4 Å². The first-order valence-electron chi connectivity index (χ1n) is 7.12. The Morgan fingerprint density at radius 2 is 2.35 bits per heavy atom. The Morgan fingerprint density at radius 3 is 2.96 bits per heavy atom. The molecule has 2 N–H and O–H groups in total. The third kappa shape index (κ3) is 3.13. The smallest absolute Gasteiger partial charge is 0.331 e. The highest BCUT2D eigenvalue weighted by molar-refractivity contribution is 7.13. The van der Waals surface area contributed by atoms with Crippen LogP contribution in [0.25, 0.3) is 10.8 Å². The third-order valence-electron chi connectivity index (χ3n) is 3.76. The number of carbonyl (C=O) groups is 2. The van der Waals surface area contributed by atoms with Crippen molar-refractivity contribution in [1.82, 2.24) is 10.3 Å². The SMILES string of the molecule is Cc1oc(-c2cccs2)nc1CC(=O)NC1(C(=O)O)CCOC1. The number of amides is 1. The Kier molecular flexibility index (Phi) is 4.18. The molecule has 1 unspecified atom stereocenters. The van der Waals surface area contributed by atoms with E-state index in [1.165, 1.54) is 11.3 Å². The van der Waals surface area contributed by atoms with Gasteiger partial charge in [-0.25, -0.2) is 9.78 Å². The average Bonchev–Trinajstić information content (AvgIpc) is 3.21. The van der Waals surface area contributed by atoms with Crippen LogP contribution in [0.1, 0.15) is 17.9 Å². The number of carbonyl (C=O) groups excluding carboxylic acids is 1. The lowest BCUT2D eigenvalue weighted by Gasteiger charge is -2.23. The Balaban J connectivity index is 1.72. The molecule has 2 aromatic heterocycles. The van der Waals surface area contributed by atoms with Crippen LogP contribution < -0.4 is 5.32 Å². The highest BCUT2D eigenvalue weighted by Gasteiger charge is 2.44. The fourth-order valence-corrected chi connectivity index (χ4v) is 3.10. The molecular weight excluding hydrogens is 320 g/mol. The van der Waals surface area contributed by atoms with Crippen molar-refractivity contribution in [2.75, 3.05) is 13.2 Å². The minimum absolute atomic E-state index is 0.0215. The second-order valence-electron chi connectivity index (χ2n) is 5.41. The van der Waals surface area contributed by atoms with Crippen LogP contribution in [0.4, 0.5) is 0 Å². The summed E-state index contributed by atoms with van der Waals surface area (Å²) in [5, 5.41) is 13.8. The number of nitrogens with zero attached hydrogens (tertiary/aromatic N) is 1. The fourth-order valence-electron chi connectivity index (χ4n) is 2.45. The molecule has 122 valence electrons. The van der Waals surface area contributed by atoms with Crippen LogP contribution in [-0.4, -0.2) is 40.7 Å². The number of aliphatic carboxylic acids is 1. The second-order valence-corrected chi connectivity index (χ2v) is 6.36. The van der Waals surface area contributed by atoms with E-state index in [-0.39, 0.29) is 19.4 Å². The number of oxazole rings is 1. The maximum absolute atomic E-state index is 12.2. The van der Waals surface area contributed by atoms with Gasteiger partial charge in [-0.3, -0.25) is 4.79 Å². The summed E-state index contributed by atoms with van der Waals surface area (Å²) in [6, 6.07) is 3.78. The zero-order valence-corrected chi connectivity index (χ0v) is 13.3. The molecule has 1 aliphatic heterocycles. The van der Waals surface area contributed by atoms with Crippen molar-refractivity contribution in [3.05, 3.63) is 29.0 Å². The summed E-state index contributed by atoms with van der Waals surface area (Å²) in [6.45, 7) is 2.03. The number of rotatable bonds is 5. The van der Waals surface area contributed by atoms with Gasteiger partial charge < -0.3 is 19.6 Å². The molecule has 1 saturated heterocycles. The van der Waals surface area contributed by atoms with Crippen molar-refractivity contribution in [1.29, 1.82) is 0 Å². The van der Waals surface area contributed by atoms with Gasteiger partial charge in [-0.2, -0.15) is 0 Å². The van der Waals surface area contributed by atoms with Gasteiger partial charge in [0, 0.05) is 13.0 Å². The normalized spacial score (nSPS) is 20.6. The molecule has 0 saturated carbocycles. The number of aryl methyl sites for hydroxylation is 1. The third-order valence-corrected chi connectivity index (χ3v) is 4.62. The number of nitrogens with one attached hydrogen (secondary N) is 1. The van der Waals surface area contributed by atoms with E-state index in [1.54, 1.807) is 6.92 Å². The Bertz CT molecular complexity index is 716. The van der Waals surface area contributed by atoms with E-state index in [1.807, 2.05) is 17.5 Å². The molecule has 23 heavy (non-hydrogen) atoms. The first-order valence-corrected chi connectivity index (χ1v) is 8.00. The lowest BCUT2D eigenvalue weighted by molar-refractivity contribution is -0.147. The van der Waals surface area contributed by atoms with Crippen LogP contribution in [0.3, 0.4) is 0 Å². The monoisotopic (exact) mass is 336 g/mol. The number of carboxylic acids is 1. The van der Waals surface area contributed by atoms with Gasteiger partial charge in [-0.15, -0.1) is 11.3 Å². The largest absolute Gasteiger partial charge is 0.479 e. The maximum atomic E-state index is 12.2. The number of aromatic nitrogens is 1. The van der Waals surface area contributed by atoms with Gasteiger partial charge in [0.05, 0.1) is 23.6 Å². The van der Waals surface area contributed by atoms with Crippen LogP contribution in [-0.2, 0) is 20.7 Å². The minimum atomic E-state index is -1.34. The van der Waals surface area contributed by atoms with Crippen LogP contribution in [0, 0.1) is 6.92 Å². The molecule has 0 bridgehead atoms. The van der Waals surface area contributed by atoms with Gasteiger partial charge in [0.15, 0.2) is 5.54 Å². The average molecular weight is 336 g/mol. The highest BCUT2D eigenvalue weighted by atomic mass is 32.1. The van der Waals surface area contributed by atoms with Crippen LogP contribution >= 0.6 is 11.3 Å². The van der Waals surface area contributed by atoms with Gasteiger partial charge in [0.1, 0.15) is 5.76 Å². The van der Waals surface area contributed by atoms with E-state index in [4.69, 9.17) is 9.15 Å². The van der Waals surface area contributed by atoms with Crippen molar-refractivity contribution in [3.63, 3.8) is 0 Å². The van der Waals surface area contributed by atoms with Crippen molar-refractivity contribution in [2.24, 2.45) is 0 Å². The maximum Gasteiger partial charge on any atom is 0.331 e. The molecule has 3 rings (SSSR count). The summed E-state index contributed by atoms with van der Waals surface area (Å²) in [6.07, 6.45) is 0.224. The number of ether oxygens (including phenoxy) is 1. The Morgan fingerprint density at radius 1 is 1.52 bits per heavy atom. The molecule has 8 heteroatoms. The van der Waals surface area contributed by atoms with Crippen LogP contribution in [0.15, 0.2) is 21.9 Å². The molecule has 0 radical (unpaired) electrons. The van der Waals surface area contributed by atoms with E-state index >= 15 is 0 Å². The number of hydrogen-bond acceptors (Lipinski definition) is 6. The molecule has 0 aliphatic carbocycles. The predicted molar refractivity (Wildman–Crippen MR) is 82.2 cm³/mol. The predicted octanol–water partition coefficient (Wildman–Crippen LogP) is 1.61. The quantitative estimate of drug-likeness (QED) is 0.860. The topological polar surface area (TPSA) is 102 Å². The fraction of sp³-hybridized carbons (Fsp3) is 0.400. The lowest BCUT2D eigenvalue weighted by Crippen LogP contribution is -2.55. The molecular formula is C15H16N2O5S. The molecule has 0 spiro atoms. The molecule has 1 amide bonds. The first-order chi connectivity index (χ1) is 11.0. The molecule has 2 aromatic rings. The van der Waals surface area contributed by atoms with Gasteiger partial charge >= 0.3 is 5.97 Å². The van der Waals surface area contributed by atoms with Gasteiger partial charge in [0.2, 0.25) is 11.8 Å². The van der Waals surface area contributed by atoms with Crippen molar-refractivity contribution >= 4 is 23.2 Å². The van der Waals surface area contributed by atoms with Gasteiger partial charge in [-0.1, -0.05) is 6.07 Å². The summed E-state index contributed by atoms with van der Waals surface area (Å²) in [7, 11) is 0. The molecule has 7 nitrogen and oxygen atoms in total. The zero-order chi connectivity index (χ0) is 16.4. The summed E-state index contributed by atoms with van der Waals surface area (Å²) >= 11 is 1.50. The highest BCUT2D eigenvalue weighted by Crippen LogP contribution is 2.26. The standard InChI is InChI=1S/C15H16N2O5S/c1-9-10(16-13(22-9)11-3-2-6-23-11)7-12(18)17-15(14(19)20)4-5-21-8-15/h2-3,6H,4-5,7-8H2,1H3,(H,17,18)(H,19,20). The van der Waals surface area contributed by atoms with E-state index in [0.717, 1.165) is 4.88 Å². The number of hydrogen-bond donors (Lipinski definition) is 2. The van der Waals surface area contributed by atoms with E-state index in [9.17, 15) is 14.7 Å². The summed E-state index contributed by atoms with van der Waals surface area (Å²) in [5.41, 5.74) is -0.837. The van der Waals surface area contributed by atoms with Crippen LogP contribution in [0.5, 0.6) is 0 Å². The summed E-state index contributed by atoms with van der Waals surface area (Å²) < 4.78 is 10.7. The number of carboxylic acid groups (broad SMARTS) is 1. The summed E-state index contributed by atoms with van der Waals surface area (Å²) in [4.78, 5) is 28.8. The van der Waals surface area contributed by atoms with Crippen molar-refractivity contribution in [2.45, 2.75) is 25.3 Å². The van der Waals surface area contributed by atoms with Crippen molar-refractivity contribution in [3.8, 4) is 10.8 Å². The van der Waals surface area contributed by atoms with E-state index in [2.05, 4.69) is 10.3 Å². The van der Waals surface area contributed by atoms with E-state index in [0.29, 0.717) is 24.0 Å². The molecule has 1 atom stereocenters. The molecule has 1 fully saturated rings. The Labute approximate surface area is 136 Å². The van der Waals surface area contributed by atoms with Crippen molar-refractivity contribution < 1.29 is 23.8 Å². The lowest BCUT2D eigenvalue weighted by atomic mass is 9.98. The Hall–Kier alpha value is -2.19. The van der Waals surface area contributed by atoms with Gasteiger partial charge in [0.25, 0.3) is 0 Å². The van der Waals surface area contributed by atoms with Gasteiger partial charge in [-0.05, 0) is 18.4 Å². The zero-order valence-electron chi connectivity index (χ0n) is 12.5. The molecule has 0 aromatic carbocycles. The molecule has 1 aliphatic rings. The minimum Gasteiger partial charge on any atom is -0.479 e. The molecule has 3 heterocycles. The first kappa shape index (κ1) is 15.7.